The lowest BCUT2D eigenvalue weighted by Crippen LogP contribution is -2.39. The summed E-state index contributed by atoms with van der Waals surface area (Å²) in [5.41, 5.74) is 0.755. The van der Waals surface area contributed by atoms with E-state index in [1.165, 1.54) is 6.92 Å². The first-order valence-electron chi connectivity index (χ1n) is 7.51. The zero-order valence-corrected chi connectivity index (χ0v) is 13.9. The highest BCUT2D eigenvalue weighted by atomic mass is 16.7. The van der Waals surface area contributed by atoms with E-state index < -0.39 is 30.2 Å². The van der Waals surface area contributed by atoms with Gasteiger partial charge in [-0.25, -0.2) is 9.86 Å². The van der Waals surface area contributed by atoms with Crippen LogP contribution in [0.25, 0.3) is 0 Å². The fourth-order valence-corrected chi connectivity index (χ4v) is 2.03. The maximum Gasteiger partial charge on any atom is 0.355 e. The van der Waals surface area contributed by atoms with Gasteiger partial charge in [0, 0.05) is 19.8 Å². The van der Waals surface area contributed by atoms with Crippen LogP contribution in [0.5, 0.6) is 5.75 Å². The summed E-state index contributed by atoms with van der Waals surface area (Å²) in [6, 6.07) is 6.96. The molecule has 0 atom stereocenters. The standard InChI is InChI=1S/C16H18N2O7/c1-11(19)17(24-10-12-3-5-13(23-2)6-4-12)9-16(22)25-18-14(20)7-8-15(18)21/h3-6H,7-10H2,1-2H3. The van der Waals surface area contributed by atoms with Crippen LogP contribution in [0.15, 0.2) is 24.3 Å². The molecule has 1 aliphatic heterocycles. The molecule has 9 nitrogen and oxygen atoms in total. The predicted octanol–water partition coefficient (Wildman–Crippen LogP) is 0.582. The molecular weight excluding hydrogens is 332 g/mol. The third-order valence-corrected chi connectivity index (χ3v) is 3.37. The van der Waals surface area contributed by atoms with Crippen molar-refractivity contribution in [2.45, 2.75) is 26.4 Å². The summed E-state index contributed by atoms with van der Waals surface area (Å²) in [5.74, 6) is -1.98. The number of benzene rings is 1. The van der Waals surface area contributed by atoms with Crippen LogP contribution in [0.4, 0.5) is 0 Å². The molecule has 0 unspecified atom stereocenters. The van der Waals surface area contributed by atoms with Gasteiger partial charge in [0.1, 0.15) is 18.9 Å². The number of methoxy groups -OCH3 is 1. The molecule has 0 radical (unpaired) electrons. The minimum absolute atomic E-state index is 0.00347. The largest absolute Gasteiger partial charge is 0.497 e. The van der Waals surface area contributed by atoms with E-state index in [0.29, 0.717) is 10.8 Å². The van der Waals surface area contributed by atoms with E-state index in [-0.39, 0.29) is 19.4 Å². The molecule has 0 aliphatic carbocycles. The first-order valence-corrected chi connectivity index (χ1v) is 7.51. The van der Waals surface area contributed by atoms with Crippen molar-refractivity contribution in [2.24, 2.45) is 0 Å². The molecule has 0 spiro atoms. The first-order chi connectivity index (χ1) is 11.9. The molecule has 1 aromatic rings. The van der Waals surface area contributed by atoms with E-state index in [1.807, 2.05) is 0 Å². The quantitative estimate of drug-likeness (QED) is 0.523. The molecule has 134 valence electrons. The minimum Gasteiger partial charge on any atom is -0.497 e. The van der Waals surface area contributed by atoms with Crippen LogP contribution in [0.3, 0.4) is 0 Å². The normalized spacial score (nSPS) is 13.8. The van der Waals surface area contributed by atoms with Crippen molar-refractivity contribution in [3.05, 3.63) is 29.8 Å². The molecule has 1 aliphatic rings. The van der Waals surface area contributed by atoms with Crippen molar-refractivity contribution < 1.29 is 33.6 Å². The topological polar surface area (TPSA) is 102 Å². The monoisotopic (exact) mass is 350 g/mol. The first kappa shape index (κ1) is 18.4. The molecule has 3 amide bonds. The molecule has 0 saturated carbocycles. The van der Waals surface area contributed by atoms with Crippen LogP contribution in [-0.4, -0.2) is 47.5 Å². The molecular formula is C16H18N2O7. The van der Waals surface area contributed by atoms with Crippen LogP contribution < -0.4 is 4.74 Å². The second-order valence-electron chi connectivity index (χ2n) is 5.22. The molecule has 9 heteroatoms. The van der Waals surface area contributed by atoms with Crippen molar-refractivity contribution in [1.82, 2.24) is 10.1 Å². The summed E-state index contributed by atoms with van der Waals surface area (Å²) in [5, 5.41) is 1.22. The lowest BCUT2D eigenvalue weighted by molar-refractivity contribution is -0.213. The zero-order chi connectivity index (χ0) is 18.4. The Morgan fingerprint density at radius 2 is 1.72 bits per heavy atom. The average Bonchev–Trinajstić information content (AvgIpc) is 2.90. The van der Waals surface area contributed by atoms with Gasteiger partial charge < -0.3 is 9.57 Å². The molecule has 1 fully saturated rings. The Balaban J connectivity index is 1.89. The van der Waals surface area contributed by atoms with Crippen molar-refractivity contribution in [1.29, 1.82) is 0 Å². The lowest BCUT2D eigenvalue weighted by Gasteiger charge is -2.20. The molecule has 0 N–H and O–H groups in total. The SMILES string of the molecule is COc1ccc(CON(CC(=O)ON2C(=O)CCC2=O)C(C)=O)cc1. The number of carbonyl (C=O) groups excluding carboxylic acids is 4. The summed E-state index contributed by atoms with van der Waals surface area (Å²) in [6.07, 6.45) is -0.00693. The maximum atomic E-state index is 11.8. The van der Waals surface area contributed by atoms with Crippen LogP contribution in [0.1, 0.15) is 25.3 Å². The number of ether oxygens (including phenoxy) is 1. The van der Waals surface area contributed by atoms with Crippen molar-refractivity contribution in [3.63, 3.8) is 0 Å². The number of amides is 3. The summed E-state index contributed by atoms with van der Waals surface area (Å²) >= 11 is 0. The zero-order valence-electron chi connectivity index (χ0n) is 13.9. The highest BCUT2D eigenvalue weighted by Crippen LogP contribution is 2.14. The van der Waals surface area contributed by atoms with Gasteiger partial charge in [-0.2, -0.15) is 0 Å². The van der Waals surface area contributed by atoms with Crippen LogP contribution in [0.2, 0.25) is 0 Å². The number of hydroxylamine groups is 4. The molecule has 25 heavy (non-hydrogen) atoms. The van der Waals surface area contributed by atoms with Gasteiger partial charge in [-0.05, 0) is 17.7 Å². The Morgan fingerprint density at radius 1 is 1.12 bits per heavy atom. The number of hydrogen-bond donors (Lipinski definition) is 0. The Hall–Kier alpha value is -2.94. The summed E-state index contributed by atoms with van der Waals surface area (Å²) in [7, 11) is 1.55. The highest BCUT2D eigenvalue weighted by Gasteiger charge is 2.33. The average molecular weight is 350 g/mol. The molecule has 1 heterocycles. The molecule has 0 aromatic heterocycles. The van der Waals surface area contributed by atoms with Gasteiger partial charge in [0.15, 0.2) is 0 Å². The lowest BCUT2D eigenvalue weighted by atomic mass is 10.2. The van der Waals surface area contributed by atoms with Crippen LogP contribution in [-0.2, 0) is 35.5 Å². The number of hydrogen-bond acceptors (Lipinski definition) is 7. The summed E-state index contributed by atoms with van der Waals surface area (Å²) in [4.78, 5) is 56.3. The number of imide groups is 1. The fourth-order valence-electron chi connectivity index (χ4n) is 2.03. The van der Waals surface area contributed by atoms with Crippen LogP contribution >= 0.6 is 0 Å². The minimum atomic E-state index is -0.950. The Kier molecular flexibility index (Phi) is 6.07. The van der Waals surface area contributed by atoms with Gasteiger partial charge >= 0.3 is 5.97 Å². The van der Waals surface area contributed by atoms with E-state index in [0.717, 1.165) is 10.6 Å². The highest BCUT2D eigenvalue weighted by molar-refractivity contribution is 6.01. The van der Waals surface area contributed by atoms with E-state index in [2.05, 4.69) is 0 Å². The van der Waals surface area contributed by atoms with E-state index >= 15 is 0 Å². The van der Waals surface area contributed by atoms with Gasteiger partial charge in [0.2, 0.25) is 5.91 Å². The Morgan fingerprint density at radius 3 is 2.24 bits per heavy atom. The van der Waals surface area contributed by atoms with Gasteiger partial charge in [0.25, 0.3) is 11.8 Å². The third-order valence-electron chi connectivity index (χ3n) is 3.37. The van der Waals surface area contributed by atoms with Crippen molar-refractivity contribution in [3.8, 4) is 5.75 Å². The smallest absolute Gasteiger partial charge is 0.355 e. The summed E-state index contributed by atoms with van der Waals surface area (Å²) < 4.78 is 5.04. The Labute approximate surface area is 143 Å². The molecule has 1 saturated heterocycles. The number of rotatable bonds is 7. The van der Waals surface area contributed by atoms with Gasteiger partial charge in [0.05, 0.1) is 7.11 Å². The summed E-state index contributed by atoms with van der Waals surface area (Å²) in [6.45, 7) is 0.703. The predicted molar refractivity (Wildman–Crippen MR) is 82.3 cm³/mol. The van der Waals surface area contributed by atoms with Crippen molar-refractivity contribution in [2.75, 3.05) is 13.7 Å². The molecule has 1 aromatic carbocycles. The fraction of sp³-hybridized carbons (Fsp3) is 0.375. The van der Waals surface area contributed by atoms with Crippen molar-refractivity contribution >= 4 is 23.7 Å². The second-order valence-corrected chi connectivity index (χ2v) is 5.22. The molecule has 0 bridgehead atoms. The number of nitrogens with zero attached hydrogens (tertiary/aromatic N) is 2. The second kappa shape index (κ2) is 8.25. The maximum absolute atomic E-state index is 11.8. The van der Waals surface area contributed by atoms with Crippen LogP contribution in [0, 0.1) is 0 Å². The van der Waals surface area contributed by atoms with Gasteiger partial charge in [-0.15, -0.1) is 5.06 Å². The molecule has 2 rings (SSSR count). The van der Waals surface area contributed by atoms with E-state index in [9.17, 15) is 19.2 Å². The van der Waals surface area contributed by atoms with E-state index in [4.69, 9.17) is 14.4 Å². The van der Waals surface area contributed by atoms with Gasteiger partial charge in [-0.3, -0.25) is 19.2 Å². The van der Waals surface area contributed by atoms with E-state index in [1.54, 1.807) is 31.4 Å². The third kappa shape index (κ3) is 5.01. The Bertz CT molecular complexity index is 656. The van der Waals surface area contributed by atoms with Gasteiger partial charge in [-0.1, -0.05) is 12.1 Å². The number of carbonyl (C=O) groups is 4.